The van der Waals surface area contributed by atoms with E-state index in [9.17, 15) is 0 Å². The van der Waals surface area contributed by atoms with Crippen LogP contribution in [0, 0.1) is 0 Å². The van der Waals surface area contributed by atoms with Gasteiger partial charge in [-0.15, -0.1) is 0 Å². The molecule has 4 rings (SSSR count). The third-order valence-corrected chi connectivity index (χ3v) is 7.29. The van der Waals surface area contributed by atoms with Crippen LogP contribution in [0.2, 0.25) is 0 Å². The first-order valence-electron chi connectivity index (χ1n) is 13.6. The molecule has 0 spiro atoms. The Bertz CT molecular complexity index is 1180. The molecule has 0 heterocycles. The SMILES string of the molecule is CCNc1cc(C(c2ccc(N(CC)CC)cc2)c2ccc(N(CC)CC)cc2)cc2ccccc12. The molecular weight excluding hydrogens is 438 g/mol. The summed E-state index contributed by atoms with van der Waals surface area (Å²) in [6.45, 7) is 16.0. The highest BCUT2D eigenvalue weighted by atomic mass is 15.1. The van der Waals surface area contributed by atoms with Crippen LogP contribution in [-0.4, -0.2) is 32.7 Å². The van der Waals surface area contributed by atoms with Gasteiger partial charge in [-0.2, -0.15) is 0 Å². The van der Waals surface area contributed by atoms with Crippen molar-refractivity contribution < 1.29 is 0 Å². The van der Waals surface area contributed by atoms with Gasteiger partial charge in [0.1, 0.15) is 0 Å². The van der Waals surface area contributed by atoms with Crippen LogP contribution in [0.1, 0.15) is 57.2 Å². The topological polar surface area (TPSA) is 18.5 Å². The molecule has 0 atom stereocenters. The Morgan fingerprint density at radius 3 is 1.56 bits per heavy atom. The molecule has 0 radical (unpaired) electrons. The molecule has 4 aromatic carbocycles. The van der Waals surface area contributed by atoms with Crippen LogP contribution in [-0.2, 0) is 0 Å². The maximum absolute atomic E-state index is 3.61. The smallest absolute Gasteiger partial charge is 0.0422 e. The lowest BCUT2D eigenvalue weighted by atomic mass is 9.83. The van der Waals surface area contributed by atoms with Gasteiger partial charge < -0.3 is 15.1 Å². The number of fused-ring (bicyclic) bond motifs is 1. The molecule has 0 amide bonds. The monoisotopic (exact) mass is 479 g/mol. The summed E-state index contributed by atoms with van der Waals surface area (Å²) in [7, 11) is 0. The minimum atomic E-state index is 0.156. The van der Waals surface area contributed by atoms with Gasteiger partial charge >= 0.3 is 0 Å². The van der Waals surface area contributed by atoms with E-state index in [2.05, 4.69) is 135 Å². The first kappa shape index (κ1) is 25.6. The van der Waals surface area contributed by atoms with Crippen LogP contribution in [0.25, 0.3) is 10.8 Å². The average Bonchev–Trinajstić information content (AvgIpc) is 2.92. The van der Waals surface area contributed by atoms with Gasteiger partial charge in [-0.1, -0.05) is 54.6 Å². The Labute approximate surface area is 217 Å². The van der Waals surface area contributed by atoms with Crippen molar-refractivity contribution in [2.24, 2.45) is 0 Å². The normalized spacial score (nSPS) is 11.2. The Hall–Kier alpha value is -3.46. The van der Waals surface area contributed by atoms with Gasteiger partial charge in [-0.25, -0.2) is 0 Å². The standard InChI is InChI=1S/C33H41N3/c1-6-34-32-24-28(23-27-13-11-12-14-31(27)32)33(25-15-19-29(20-16-25)35(7-2)8-3)26-17-21-30(22-18-26)36(9-4)10-5/h11-24,33-34H,6-10H2,1-5H3. The molecule has 0 aromatic heterocycles. The lowest BCUT2D eigenvalue weighted by Gasteiger charge is -2.25. The quantitative estimate of drug-likeness (QED) is 0.219. The Morgan fingerprint density at radius 2 is 1.08 bits per heavy atom. The molecule has 188 valence electrons. The number of benzene rings is 4. The van der Waals surface area contributed by atoms with Crippen molar-refractivity contribution in [1.29, 1.82) is 0 Å². The van der Waals surface area contributed by atoms with Crippen LogP contribution < -0.4 is 15.1 Å². The summed E-state index contributed by atoms with van der Waals surface area (Å²) in [4.78, 5) is 4.80. The molecule has 0 saturated heterocycles. The van der Waals surface area contributed by atoms with Gasteiger partial charge in [-0.3, -0.25) is 0 Å². The number of rotatable bonds is 11. The second kappa shape index (κ2) is 12.0. The van der Waals surface area contributed by atoms with E-state index in [1.807, 2.05) is 0 Å². The van der Waals surface area contributed by atoms with Crippen molar-refractivity contribution in [1.82, 2.24) is 0 Å². The molecule has 36 heavy (non-hydrogen) atoms. The minimum Gasteiger partial charge on any atom is -0.385 e. The van der Waals surface area contributed by atoms with Crippen LogP contribution in [0.15, 0.2) is 84.9 Å². The number of hydrogen-bond donors (Lipinski definition) is 1. The highest BCUT2D eigenvalue weighted by Gasteiger charge is 2.20. The predicted molar refractivity (Wildman–Crippen MR) is 159 cm³/mol. The zero-order chi connectivity index (χ0) is 25.5. The van der Waals surface area contributed by atoms with Gasteiger partial charge in [0, 0.05) is 61.1 Å². The summed E-state index contributed by atoms with van der Waals surface area (Å²) in [5.41, 5.74) is 7.72. The number of nitrogens with one attached hydrogen (secondary N) is 1. The lowest BCUT2D eigenvalue weighted by molar-refractivity contribution is 0.862. The number of anilines is 3. The van der Waals surface area contributed by atoms with Gasteiger partial charge in [-0.05, 0) is 87.0 Å². The molecule has 0 unspecified atom stereocenters. The van der Waals surface area contributed by atoms with Gasteiger partial charge in [0.2, 0.25) is 0 Å². The molecule has 0 fully saturated rings. The van der Waals surface area contributed by atoms with E-state index in [-0.39, 0.29) is 5.92 Å². The summed E-state index contributed by atoms with van der Waals surface area (Å²) >= 11 is 0. The van der Waals surface area contributed by atoms with Crippen molar-refractivity contribution in [3.05, 3.63) is 102 Å². The molecule has 0 aliphatic carbocycles. The third kappa shape index (κ3) is 5.36. The highest BCUT2D eigenvalue weighted by Crippen LogP contribution is 2.38. The van der Waals surface area contributed by atoms with Crippen molar-refractivity contribution in [2.45, 2.75) is 40.5 Å². The Kier molecular flexibility index (Phi) is 8.53. The number of nitrogens with zero attached hydrogens (tertiary/aromatic N) is 2. The Balaban J connectivity index is 1.85. The van der Waals surface area contributed by atoms with E-state index in [0.717, 1.165) is 32.7 Å². The summed E-state index contributed by atoms with van der Waals surface area (Å²) < 4.78 is 0. The third-order valence-electron chi connectivity index (χ3n) is 7.29. The minimum absolute atomic E-state index is 0.156. The molecule has 1 N–H and O–H groups in total. The fraction of sp³-hybridized carbons (Fsp3) is 0.333. The average molecular weight is 480 g/mol. The maximum atomic E-state index is 3.61. The fourth-order valence-corrected chi connectivity index (χ4v) is 5.35. The first-order valence-corrected chi connectivity index (χ1v) is 13.6. The van der Waals surface area contributed by atoms with Crippen molar-refractivity contribution >= 4 is 27.8 Å². The lowest BCUT2D eigenvalue weighted by Crippen LogP contribution is -2.22. The molecule has 0 saturated carbocycles. The zero-order valence-electron chi connectivity index (χ0n) is 22.6. The van der Waals surface area contributed by atoms with Crippen LogP contribution >= 0.6 is 0 Å². The first-order chi connectivity index (χ1) is 17.6. The van der Waals surface area contributed by atoms with Gasteiger partial charge in [0.25, 0.3) is 0 Å². The van der Waals surface area contributed by atoms with Crippen LogP contribution in [0.4, 0.5) is 17.1 Å². The second-order valence-corrected chi connectivity index (χ2v) is 9.28. The van der Waals surface area contributed by atoms with Gasteiger partial charge in [0.15, 0.2) is 0 Å². The molecule has 3 heteroatoms. The van der Waals surface area contributed by atoms with Gasteiger partial charge in [0.05, 0.1) is 0 Å². The van der Waals surface area contributed by atoms with Crippen molar-refractivity contribution in [3.8, 4) is 0 Å². The largest absolute Gasteiger partial charge is 0.385 e. The molecule has 3 nitrogen and oxygen atoms in total. The molecule has 0 bridgehead atoms. The van der Waals surface area contributed by atoms with E-state index >= 15 is 0 Å². The van der Waals surface area contributed by atoms with E-state index in [1.165, 1.54) is 44.5 Å². The van der Waals surface area contributed by atoms with E-state index in [4.69, 9.17) is 0 Å². The maximum Gasteiger partial charge on any atom is 0.0422 e. The zero-order valence-corrected chi connectivity index (χ0v) is 22.6. The highest BCUT2D eigenvalue weighted by molar-refractivity contribution is 5.95. The fourth-order valence-electron chi connectivity index (χ4n) is 5.35. The van der Waals surface area contributed by atoms with Crippen LogP contribution in [0.5, 0.6) is 0 Å². The second-order valence-electron chi connectivity index (χ2n) is 9.28. The molecule has 0 aliphatic heterocycles. The predicted octanol–water partition coefficient (Wildman–Crippen LogP) is 8.14. The van der Waals surface area contributed by atoms with E-state index in [0.29, 0.717) is 0 Å². The van der Waals surface area contributed by atoms with Crippen molar-refractivity contribution in [2.75, 3.05) is 47.8 Å². The van der Waals surface area contributed by atoms with Crippen molar-refractivity contribution in [3.63, 3.8) is 0 Å². The van der Waals surface area contributed by atoms with E-state index in [1.54, 1.807) is 0 Å². The Morgan fingerprint density at radius 1 is 0.583 bits per heavy atom. The molecular formula is C33H41N3. The number of hydrogen-bond acceptors (Lipinski definition) is 3. The summed E-state index contributed by atoms with van der Waals surface area (Å²) in [5.74, 6) is 0.156. The summed E-state index contributed by atoms with van der Waals surface area (Å²) in [6.07, 6.45) is 0. The molecule has 4 aromatic rings. The van der Waals surface area contributed by atoms with E-state index < -0.39 is 0 Å². The summed E-state index contributed by atoms with van der Waals surface area (Å²) in [6, 6.07) is 31.8. The molecule has 0 aliphatic rings. The summed E-state index contributed by atoms with van der Waals surface area (Å²) in [5, 5.41) is 6.16. The van der Waals surface area contributed by atoms with Crippen LogP contribution in [0.3, 0.4) is 0 Å².